The Balaban J connectivity index is 2.82. The van der Waals surface area contributed by atoms with E-state index in [2.05, 4.69) is 15.0 Å². The first-order valence-electron chi connectivity index (χ1n) is 4.38. The first kappa shape index (κ1) is 11.2. The fraction of sp³-hybridized carbons (Fsp3) is 0.222. The molecule has 0 aliphatic carbocycles. The van der Waals surface area contributed by atoms with Gasteiger partial charge in [-0.1, -0.05) is 11.6 Å². The van der Waals surface area contributed by atoms with E-state index in [0.29, 0.717) is 10.9 Å². The number of hydrogen-bond donors (Lipinski definition) is 0. The van der Waals surface area contributed by atoms with Crippen molar-refractivity contribution in [3.05, 3.63) is 23.1 Å². The molecule has 2 heterocycles. The van der Waals surface area contributed by atoms with E-state index in [1.54, 1.807) is 13.0 Å². The third kappa shape index (κ3) is 1.98. The van der Waals surface area contributed by atoms with Crippen LogP contribution in [0.1, 0.15) is 5.69 Å². The largest absolute Gasteiger partial charge is 0.247 e. The molecule has 0 aliphatic heterocycles. The third-order valence-electron chi connectivity index (χ3n) is 1.96. The molecule has 0 aliphatic rings. The smallest absolute Gasteiger partial charge is 0.239 e. The summed E-state index contributed by atoms with van der Waals surface area (Å²) < 4.78 is 22.5. The highest BCUT2D eigenvalue weighted by molar-refractivity contribution is 7.90. The van der Waals surface area contributed by atoms with Gasteiger partial charge in [0.2, 0.25) is 15.0 Å². The maximum absolute atomic E-state index is 11.3. The van der Waals surface area contributed by atoms with Crippen LogP contribution < -0.4 is 0 Å². The Hall–Kier alpha value is -1.27. The molecule has 0 saturated carbocycles. The summed E-state index contributed by atoms with van der Waals surface area (Å²) in [7, 11) is -3.43. The summed E-state index contributed by atoms with van der Waals surface area (Å²) in [6.07, 6.45) is 2.48. The van der Waals surface area contributed by atoms with Gasteiger partial charge in [0.1, 0.15) is 5.52 Å². The quantitative estimate of drug-likeness (QED) is 0.570. The lowest BCUT2D eigenvalue weighted by molar-refractivity contribution is 0.594. The van der Waals surface area contributed by atoms with E-state index < -0.39 is 9.84 Å². The third-order valence-corrected chi connectivity index (χ3v) is 3.08. The second-order valence-corrected chi connectivity index (χ2v) is 5.68. The lowest BCUT2D eigenvalue weighted by atomic mass is 10.3. The van der Waals surface area contributed by atoms with Gasteiger partial charge in [0.25, 0.3) is 0 Å². The number of fused-ring (bicyclic) bond motifs is 1. The topological polar surface area (TPSA) is 72.8 Å². The number of rotatable bonds is 1. The molecule has 5 nitrogen and oxygen atoms in total. The Labute approximate surface area is 97.4 Å². The molecule has 2 aromatic rings. The molecule has 0 radical (unpaired) electrons. The van der Waals surface area contributed by atoms with E-state index in [-0.39, 0.29) is 10.3 Å². The van der Waals surface area contributed by atoms with Gasteiger partial charge in [-0.25, -0.2) is 23.4 Å². The average Bonchev–Trinajstić information content (AvgIpc) is 2.15. The Kier molecular flexibility index (Phi) is 2.55. The van der Waals surface area contributed by atoms with Crippen LogP contribution in [0, 0.1) is 6.92 Å². The van der Waals surface area contributed by atoms with Crippen molar-refractivity contribution in [1.29, 1.82) is 0 Å². The van der Waals surface area contributed by atoms with Gasteiger partial charge in [0.05, 0.1) is 0 Å². The molecule has 0 amide bonds. The molecule has 0 fully saturated rings. The second kappa shape index (κ2) is 3.64. The summed E-state index contributed by atoms with van der Waals surface area (Å²) in [5.41, 5.74) is 1.08. The fourth-order valence-electron chi connectivity index (χ4n) is 1.29. The lowest BCUT2D eigenvalue weighted by Gasteiger charge is -2.02. The summed E-state index contributed by atoms with van der Waals surface area (Å²) in [6.45, 7) is 1.79. The minimum absolute atomic E-state index is 0.183. The predicted octanol–water partition coefficient (Wildman–Crippen LogP) is 1.39. The van der Waals surface area contributed by atoms with Gasteiger partial charge in [-0.3, -0.25) is 0 Å². The number of hydrogen-bond acceptors (Lipinski definition) is 5. The molecule has 0 bridgehead atoms. The Morgan fingerprint density at radius 2 is 2.00 bits per heavy atom. The van der Waals surface area contributed by atoms with Gasteiger partial charge in [0.15, 0.2) is 5.15 Å². The Bertz CT molecular complexity index is 670. The van der Waals surface area contributed by atoms with Crippen LogP contribution in [0.5, 0.6) is 0 Å². The molecule has 0 unspecified atom stereocenters. The van der Waals surface area contributed by atoms with E-state index in [4.69, 9.17) is 11.6 Å². The fourth-order valence-corrected chi connectivity index (χ4v) is 2.08. The standard InChI is InChI=1S/C9H8ClN3O2S/c1-5-3-6-4-11-9(16(2,14)15)13-7(6)8(10)12-5/h3-4H,1-2H3. The summed E-state index contributed by atoms with van der Waals surface area (Å²) in [6, 6.07) is 1.74. The molecule has 0 N–H and O–H groups in total. The molecule has 2 rings (SSSR count). The second-order valence-electron chi connectivity index (χ2n) is 3.42. The SMILES string of the molecule is Cc1cc2cnc(S(C)(=O)=O)nc2c(Cl)n1. The van der Waals surface area contributed by atoms with Crippen molar-refractivity contribution in [2.24, 2.45) is 0 Å². The van der Waals surface area contributed by atoms with Crippen LogP contribution in [-0.4, -0.2) is 29.6 Å². The summed E-state index contributed by atoms with van der Waals surface area (Å²) in [5.74, 6) is 0. The van der Waals surface area contributed by atoms with Gasteiger partial charge in [-0.05, 0) is 13.0 Å². The highest BCUT2D eigenvalue weighted by atomic mass is 35.5. The number of aromatic nitrogens is 3. The molecule has 0 atom stereocenters. The van der Waals surface area contributed by atoms with Crippen molar-refractivity contribution < 1.29 is 8.42 Å². The van der Waals surface area contributed by atoms with Crippen LogP contribution in [0.15, 0.2) is 17.4 Å². The van der Waals surface area contributed by atoms with Gasteiger partial charge in [-0.15, -0.1) is 0 Å². The number of pyridine rings is 1. The number of aryl methyl sites for hydroxylation is 1. The van der Waals surface area contributed by atoms with Crippen molar-refractivity contribution >= 4 is 32.3 Å². The summed E-state index contributed by atoms with van der Waals surface area (Å²) >= 11 is 5.89. The first-order valence-corrected chi connectivity index (χ1v) is 6.65. The average molecular weight is 258 g/mol. The normalized spacial score (nSPS) is 11.9. The summed E-state index contributed by atoms with van der Waals surface area (Å²) in [4.78, 5) is 11.7. The molecule has 16 heavy (non-hydrogen) atoms. The van der Waals surface area contributed by atoms with Gasteiger partial charge in [-0.2, -0.15) is 0 Å². The molecule has 7 heteroatoms. The van der Waals surface area contributed by atoms with Gasteiger partial charge in [0, 0.05) is 23.5 Å². The van der Waals surface area contributed by atoms with E-state index >= 15 is 0 Å². The van der Waals surface area contributed by atoms with E-state index in [1.807, 2.05) is 0 Å². The molecular formula is C9H8ClN3O2S. The van der Waals surface area contributed by atoms with E-state index in [0.717, 1.165) is 11.9 Å². The number of sulfone groups is 1. The van der Waals surface area contributed by atoms with E-state index in [9.17, 15) is 8.42 Å². The first-order chi connectivity index (χ1) is 7.38. The number of halogens is 1. The minimum Gasteiger partial charge on any atom is -0.239 e. The zero-order valence-electron chi connectivity index (χ0n) is 8.60. The van der Waals surface area contributed by atoms with Gasteiger partial charge < -0.3 is 0 Å². The molecule has 2 aromatic heterocycles. The number of nitrogens with zero attached hydrogens (tertiary/aromatic N) is 3. The van der Waals surface area contributed by atoms with Crippen LogP contribution in [0.4, 0.5) is 0 Å². The van der Waals surface area contributed by atoms with Crippen LogP contribution in [0.25, 0.3) is 10.9 Å². The lowest BCUT2D eigenvalue weighted by Crippen LogP contribution is -2.04. The highest BCUT2D eigenvalue weighted by Gasteiger charge is 2.13. The Morgan fingerprint density at radius 3 is 2.62 bits per heavy atom. The maximum atomic E-state index is 11.3. The zero-order chi connectivity index (χ0) is 11.9. The molecule has 0 saturated heterocycles. The van der Waals surface area contributed by atoms with Gasteiger partial charge >= 0.3 is 0 Å². The molecule has 84 valence electrons. The molecule has 0 aromatic carbocycles. The zero-order valence-corrected chi connectivity index (χ0v) is 10.2. The van der Waals surface area contributed by atoms with Crippen molar-refractivity contribution in [3.63, 3.8) is 0 Å². The maximum Gasteiger partial charge on any atom is 0.247 e. The minimum atomic E-state index is -3.43. The van der Waals surface area contributed by atoms with Crippen LogP contribution in [0.3, 0.4) is 0 Å². The highest BCUT2D eigenvalue weighted by Crippen LogP contribution is 2.20. The Morgan fingerprint density at radius 1 is 1.31 bits per heavy atom. The predicted molar refractivity (Wildman–Crippen MR) is 60.2 cm³/mol. The summed E-state index contributed by atoms with van der Waals surface area (Å²) in [5, 5.41) is 0.611. The molecular weight excluding hydrogens is 250 g/mol. The van der Waals surface area contributed by atoms with Crippen LogP contribution >= 0.6 is 11.6 Å². The van der Waals surface area contributed by atoms with Crippen molar-refractivity contribution in [2.45, 2.75) is 12.1 Å². The monoisotopic (exact) mass is 257 g/mol. The molecule has 0 spiro atoms. The van der Waals surface area contributed by atoms with Crippen LogP contribution in [-0.2, 0) is 9.84 Å². The van der Waals surface area contributed by atoms with Crippen molar-refractivity contribution in [2.75, 3.05) is 6.26 Å². The van der Waals surface area contributed by atoms with Crippen molar-refractivity contribution in [1.82, 2.24) is 15.0 Å². The van der Waals surface area contributed by atoms with Crippen molar-refractivity contribution in [3.8, 4) is 0 Å². The van der Waals surface area contributed by atoms with E-state index in [1.165, 1.54) is 6.20 Å². The van der Waals surface area contributed by atoms with Crippen LogP contribution in [0.2, 0.25) is 5.15 Å².